The molecule has 1 unspecified atom stereocenters. The predicted octanol–water partition coefficient (Wildman–Crippen LogP) is 2.47. The van der Waals surface area contributed by atoms with Gasteiger partial charge in [0, 0.05) is 18.5 Å². The van der Waals surface area contributed by atoms with E-state index in [2.05, 4.69) is 26.1 Å². The third-order valence-electron chi connectivity index (χ3n) is 5.59. The molecule has 2 aliphatic rings. The molecule has 0 bridgehead atoms. The van der Waals surface area contributed by atoms with Crippen LogP contribution in [0.2, 0.25) is 0 Å². The maximum Gasteiger partial charge on any atom is 0.248 e. The van der Waals surface area contributed by atoms with Crippen LogP contribution < -0.4 is 5.32 Å². The monoisotopic (exact) mass is 280 g/mol. The molecule has 2 amide bonds. The first-order valence-electron chi connectivity index (χ1n) is 8.06. The van der Waals surface area contributed by atoms with Crippen molar-refractivity contribution in [1.82, 2.24) is 10.2 Å². The van der Waals surface area contributed by atoms with E-state index in [0.717, 1.165) is 32.1 Å². The van der Waals surface area contributed by atoms with Crippen LogP contribution in [0.15, 0.2) is 0 Å². The average molecular weight is 280 g/mol. The van der Waals surface area contributed by atoms with Crippen LogP contribution >= 0.6 is 0 Å². The van der Waals surface area contributed by atoms with E-state index in [1.165, 1.54) is 0 Å². The molecular weight excluding hydrogens is 252 g/mol. The Balaban J connectivity index is 2.37. The highest BCUT2D eigenvalue weighted by atomic mass is 16.2. The maximum absolute atomic E-state index is 13.1. The van der Waals surface area contributed by atoms with Crippen molar-refractivity contribution in [1.29, 1.82) is 0 Å². The lowest BCUT2D eigenvalue weighted by atomic mass is 9.84. The lowest BCUT2D eigenvalue weighted by molar-refractivity contribution is -0.145. The molecule has 4 nitrogen and oxygen atoms in total. The molecule has 1 saturated heterocycles. The average Bonchev–Trinajstić information content (AvgIpc) is 3.27. The van der Waals surface area contributed by atoms with Crippen molar-refractivity contribution in [3.05, 3.63) is 0 Å². The summed E-state index contributed by atoms with van der Waals surface area (Å²) in [6.45, 7) is 8.93. The van der Waals surface area contributed by atoms with Gasteiger partial charge in [-0.25, -0.2) is 0 Å². The number of hydrogen-bond donors (Lipinski definition) is 1. The van der Waals surface area contributed by atoms with Crippen molar-refractivity contribution in [3.8, 4) is 0 Å². The van der Waals surface area contributed by atoms with Crippen molar-refractivity contribution >= 4 is 11.8 Å². The molecule has 1 saturated carbocycles. The lowest BCUT2D eigenvalue weighted by Gasteiger charge is -2.45. The Kier molecular flexibility index (Phi) is 4.12. The number of carbonyl (C=O) groups is 2. The number of nitrogens with one attached hydrogen (secondary N) is 1. The second-order valence-corrected chi connectivity index (χ2v) is 6.52. The van der Waals surface area contributed by atoms with Crippen LogP contribution in [0.5, 0.6) is 0 Å². The Morgan fingerprint density at radius 2 is 1.75 bits per heavy atom. The molecule has 0 aromatic rings. The fraction of sp³-hybridized carbons (Fsp3) is 0.875. The van der Waals surface area contributed by atoms with Gasteiger partial charge in [0.1, 0.15) is 5.54 Å². The fourth-order valence-corrected chi connectivity index (χ4v) is 3.71. The zero-order valence-corrected chi connectivity index (χ0v) is 13.3. The zero-order chi connectivity index (χ0) is 15.0. The molecule has 1 heterocycles. The van der Waals surface area contributed by atoms with Crippen LogP contribution in [0.3, 0.4) is 0 Å². The Hall–Kier alpha value is -1.06. The summed E-state index contributed by atoms with van der Waals surface area (Å²) < 4.78 is 0. The largest absolute Gasteiger partial charge is 0.342 e. The number of carbonyl (C=O) groups excluding carboxylic acids is 2. The third-order valence-corrected chi connectivity index (χ3v) is 5.59. The molecule has 20 heavy (non-hydrogen) atoms. The minimum absolute atomic E-state index is 0.0208. The minimum atomic E-state index is -0.682. The highest BCUT2D eigenvalue weighted by Crippen LogP contribution is 2.43. The minimum Gasteiger partial charge on any atom is -0.342 e. The van der Waals surface area contributed by atoms with Gasteiger partial charge in [-0.2, -0.15) is 0 Å². The summed E-state index contributed by atoms with van der Waals surface area (Å²) in [6.07, 6.45) is 5.36. The van der Waals surface area contributed by atoms with Crippen molar-refractivity contribution in [2.75, 3.05) is 6.54 Å². The normalized spacial score (nSPS) is 28.3. The summed E-state index contributed by atoms with van der Waals surface area (Å²) in [5, 5.41) is 3.01. The van der Waals surface area contributed by atoms with Gasteiger partial charge in [0.15, 0.2) is 0 Å². The van der Waals surface area contributed by atoms with E-state index >= 15 is 0 Å². The van der Waals surface area contributed by atoms with E-state index in [1.54, 1.807) is 0 Å². The quantitative estimate of drug-likeness (QED) is 0.841. The van der Waals surface area contributed by atoms with Crippen LogP contribution in [0.4, 0.5) is 0 Å². The summed E-state index contributed by atoms with van der Waals surface area (Å²) in [6, 6.07) is 0. The fourth-order valence-electron chi connectivity index (χ4n) is 3.71. The molecule has 1 atom stereocenters. The second-order valence-electron chi connectivity index (χ2n) is 6.52. The Morgan fingerprint density at radius 3 is 2.20 bits per heavy atom. The number of hydrogen-bond acceptors (Lipinski definition) is 2. The summed E-state index contributed by atoms with van der Waals surface area (Å²) in [5.41, 5.74) is -0.780. The summed E-state index contributed by atoms with van der Waals surface area (Å²) in [5.74, 6) is 0.478. The van der Waals surface area contributed by atoms with Gasteiger partial charge in [-0.1, -0.05) is 20.8 Å². The van der Waals surface area contributed by atoms with E-state index in [4.69, 9.17) is 0 Å². The van der Waals surface area contributed by atoms with Gasteiger partial charge in [-0.05, 0) is 44.9 Å². The van der Waals surface area contributed by atoms with Crippen LogP contribution in [0.25, 0.3) is 0 Å². The first-order chi connectivity index (χ1) is 9.43. The van der Waals surface area contributed by atoms with Crippen LogP contribution in [0, 0.1) is 5.92 Å². The van der Waals surface area contributed by atoms with E-state index in [0.29, 0.717) is 18.9 Å². The summed E-state index contributed by atoms with van der Waals surface area (Å²) in [4.78, 5) is 27.2. The van der Waals surface area contributed by atoms with Gasteiger partial charge in [0.25, 0.3) is 0 Å². The van der Waals surface area contributed by atoms with Gasteiger partial charge < -0.3 is 10.2 Å². The third kappa shape index (κ3) is 2.33. The van der Waals surface area contributed by atoms with E-state index < -0.39 is 5.54 Å². The van der Waals surface area contributed by atoms with E-state index in [9.17, 15) is 9.59 Å². The topological polar surface area (TPSA) is 49.4 Å². The maximum atomic E-state index is 13.1. The highest BCUT2D eigenvalue weighted by molar-refractivity contribution is 5.94. The molecule has 0 aromatic heterocycles. The van der Waals surface area contributed by atoms with Gasteiger partial charge in [0.2, 0.25) is 11.8 Å². The molecular formula is C16H28N2O2. The number of rotatable bonds is 5. The Labute approximate surface area is 122 Å². The van der Waals surface area contributed by atoms with Crippen molar-refractivity contribution < 1.29 is 9.59 Å². The zero-order valence-electron chi connectivity index (χ0n) is 13.3. The van der Waals surface area contributed by atoms with Crippen LogP contribution in [-0.2, 0) is 9.59 Å². The number of amides is 2. The van der Waals surface area contributed by atoms with Crippen molar-refractivity contribution in [2.45, 2.75) is 77.3 Å². The van der Waals surface area contributed by atoms with Gasteiger partial charge in [0.05, 0.1) is 0 Å². The molecule has 0 aromatic carbocycles. The lowest BCUT2D eigenvalue weighted by Crippen LogP contribution is -2.61. The molecule has 1 aliphatic heterocycles. The van der Waals surface area contributed by atoms with Crippen molar-refractivity contribution in [2.24, 2.45) is 5.92 Å². The molecule has 0 radical (unpaired) electrons. The molecule has 4 heteroatoms. The second kappa shape index (κ2) is 5.38. The van der Waals surface area contributed by atoms with Crippen LogP contribution in [-0.4, -0.2) is 34.3 Å². The number of nitrogens with zero attached hydrogens (tertiary/aromatic N) is 1. The summed E-state index contributed by atoms with van der Waals surface area (Å²) >= 11 is 0. The van der Waals surface area contributed by atoms with Crippen molar-refractivity contribution in [3.63, 3.8) is 0 Å². The van der Waals surface area contributed by atoms with Gasteiger partial charge in [-0.15, -0.1) is 0 Å². The highest BCUT2D eigenvalue weighted by Gasteiger charge is 2.53. The SMILES string of the molecule is CCC(CC)(CC)N1CCC(=O)NC(C)(C2CC2)C1=O. The van der Waals surface area contributed by atoms with Gasteiger partial charge >= 0.3 is 0 Å². The van der Waals surface area contributed by atoms with E-state index in [-0.39, 0.29) is 17.4 Å². The Morgan fingerprint density at radius 1 is 1.20 bits per heavy atom. The first-order valence-corrected chi connectivity index (χ1v) is 8.06. The molecule has 2 fully saturated rings. The molecule has 2 rings (SSSR count). The van der Waals surface area contributed by atoms with Gasteiger partial charge in [-0.3, -0.25) is 9.59 Å². The molecule has 0 spiro atoms. The Bertz CT molecular complexity index is 391. The predicted molar refractivity (Wildman–Crippen MR) is 79.2 cm³/mol. The molecule has 1 N–H and O–H groups in total. The smallest absolute Gasteiger partial charge is 0.248 e. The van der Waals surface area contributed by atoms with Crippen LogP contribution in [0.1, 0.15) is 66.2 Å². The molecule has 114 valence electrons. The summed E-state index contributed by atoms with van der Waals surface area (Å²) in [7, 11) is 0. The first kappa shape index (κ1) is 15.3. The standard InChI is InChI=1S/C16H28N2O2/c1-5-16(6-2,7-3)18-11-10-13(19)17-15(4,14(18)20)12-8-9-12/h12H,5-11H2,1-4H3,(H,17,19). The molecule has 1 aliphatic carbocycles. The van der Waals surface area contributed by atoms with E-state index in [1.807, 2.05) is 11.8 Å².